The lowest BCUT2D eigenvalue weighted by atomic mass is 10.2. The molecular weight excluding hydrogens is 434 g/mol. The van der Waals surface area contributed by atoms with Gasteiger partial charge in [0.2, 0.25) is 0 Å². The highest BCUT2D eigenvalue weighted by Gasteiger charge is 2.17. The topological polar surface area (TPSA) is 31.4 Å². The fourth-order valence-corrected chi connectivity index (χ4v) is 4.09. The van der Waals surface area contributed by atoms with Crippen molar-refractivity contribution in [3.8, 4) is 0 Å². The second-order valence-electron chi connectivity index (χ2n) is 6.36. The molecule has 0 saturated carbocycles. The SMILES string of the molecule is Br.Fc1ccc(N2CCN(CCNc3nc4ccc(F)cc4s3)CC2)cc1. The normalized spacial score (nSPS) is 15.0. The first kappa shape index (κ1) is 20.0. The third kappa shape index (κ3) is 4.94. The lowest BCUT2D eigenvalue weighted by molar-refractivity contribution is 0.267. The molecule has 0 atom stereocenters. The van der Waals surface area contributed by atoms with E-state index in [4.69, 9.17) is 0 Å². The summed E-state index contributed by atoms with van der Waals surface area (Å²) in [5.74, 6) is -0.428. The second kappa shape index (κ2) is 8.95. The van der Waals surface area contributed by atoms with Crippen LogP contribution in [-0.4, -0.2) is 49.2 Å². The summed E-state index contributed by atoms with van der Waals surface area (Å²) in [4.78, 5) is 9.16. The van der Waals surface area contributed by atoms with E-state index >= 15 is 0 Å². The summed E-state index contributed by atoms with van der Waals surface area (Å²) in [5, 5.41) is 4.17. The number of hydrogen-bond donors (Lipinski definition) is 1. The first-order valence-electron chi connectivity index (χ1n) is 8.70. The van der Waals surface area contributed by atoms with E-state index in [-0.39, 0.29) is 28.6 Å². The predicted octanol–water partition coefficient (Wildman–Crippen LogP) is 4.39. The van der Waals surface area contributed by atoms with Gasteiger partial charge in [0.15, 0.2) is 5.13 Å². The van der Waals surface area contributed by atoms with E-state index < -0.39 is 0 Å². The largest absolute Gasteiger partial charge is 0.369 e. The van der Waals surface area contributed by atoms with Crippen LogP contribution >= 0.6 is 28.3 Å². The van der Waals surface area contributed by atoms with Gasteiger partial charge in [0, 0.05) is 45.0 Å². The zero-order chi connectivity index (χ0) is 17.9. The van der Waals surface area contributed by atoms with Crippen molar-refractivity contribution < 1.29 is 8.78 Å². The number of anilines is 2. The Morgan fingerprint density at radius 1 is 0.963 bits per heavy atom. The van der Waals surface area contributed by atoms with Crippen LogP contribution in [0.1, 0.15) is 0 Å². The number of benzene rings is 2. The van der Waals surface area contributed by atoms with Crippen molar-refractivity contribution in [1.29, 1.82) is 0 Å². The number of rotatable bonds is 5. The average molecular weight is 455 g/mol. The zero-order valence-corrected chi connectivity index (χ0v) is 17.2. The van der Waals surface area contributed by atoms with Crippen LogP contribution in [0.15, 0.2) is 42.5 Å². The molecule has 8 heteroatoms. The van der Waals surface area contributed by atoms with Gasteiger partial charge in [-0.2, -0.15) is 0 Å². The first-order valence-corrected chi connectivity index (χ1v) is 9.52. The molecule has 1 aliphatic rings. The Morgan fingerprint density at radius 2 is 1.67 bits per heavy atom. The van der Waals surface area contributed by atoms with Crippen molar-refractivity contribution in [3.05, 3.63) is 54.1 Å². The third-order valence-corrected chi connectivity index (χ3v) is 5.59. The Bertz CT molecular complexity index is 879. The first-order chi connectivity index (χ1) is 12.7. The van der Waals surface area contributed by atoms with Crippen LogP contribution in [0.2, 0.25) is 0 Å². The van der Waals surface area contributed by atoms with Crippen molar-refractivity contribution in [3.63, 3.8) is 0 Å². The minimum atomic E-state index is -0.230. The maximum atomic E-state index is 13.2. The van der Waals surface area contributed by atoms with Crippen LogP contribution in [-0.2, 0) is 0 Å². The number of nitrogens with zero attached hydrogens (tertiary/aromatic N) is 3. The molecule has 1 saturated heterocycles. The summed E-state index contributed by atoms with van der Waals surface area (Å²) in [5.41, 5.74) is 1.90. The molecule has 0 aliphatic carbocycles. The summed E-state index contributed by atoms with van der Waals surface area (Å²) in [6, 6.07) is 11.4. The van der Waals surface area contributed by atoms with Crippen LogP contribution in [0, 0.1) is 11.6 Å². The van der Waals surface area contributed by atoms with Gasteiger partial charge < -0.3 is 10.2 Å². The molecule has 1 aromatic heterocycles. The van der Waals surface area contributed by atoms with E-state index in [2.05, 4.69) is 20.1 Å². The Labute approximate surface area is 171 Å². The third-order valence-electron chi connectivity index (χ3n) is 4.62. The monoisotopic (exact) mass is 454 g/mol. The van der Waals surface area contributed by atoms with Gasteiger partial charge in [-0.25, -0.2) is 13.8 Å². The molecule has 2 heterocycles. The maximum absolute atomic E-state index is 13.2. The molecule has 0 amide bonds. The summed E-state index contributed by atoms with van der Waals surface area (Å²) in [6.45, 7) is 5.56. The molecule has 0 bridgehead atoms. The van der Waals surface area contributed by atoms with E-state index in [1.54, 1.807) is 6.07 Å². The number of fused-ring (bicyclic) bond motifs is 1. The van der Waals surface area contributed by atoms with Crippen molar-refractivity contribution in [2.24, 2.45) is 0 Å². The van der Waals surface area contributed by atoms with Crippen molar-refractivity contribution >= 4 is 49.4 Å². The van der Waals surface area contributed by atoms with Crippen molar-refractivity contribution in [2.45, 2.75) is 0 Å². The van der Waals surface area contributed by atoms with Crippen molar-refractivity contribution in [1.82, 2.24) is 9.88 Å². The number of aromatic nitrogens is 1. The fraction of sp³-hybridized carbons (Fsp3) is 0.316. The van der Waals surface area contributed by atoms with Crippen LogP contribution in [0.5, 0.6) is 0 Å². The Balaban J connectivity index is 0.00000210. The minimum absolute atomic E-state index is 0. The van der Waals surface area contributed by atoms with Crippen LogP contribution in [0.3, 0.4) is 0 Å². The van der Waals surface area contributed by atoms with E-state index in [0.29, 0.717) is 0 Å². The van der Waals surface area contributed by atoms with Crippen LogP contribution in [0.25, 0.3) is 10.2 Å². The van der Waals surface area contributed by atoms with E-state index in [1.807, 2.05) is 12.1 Å². The number of halogens is 3. The minimum Gasteiger partial charge on any atom is -0.369 e. The Morgan fingerprint density at radius 3 is 2.41 bits per heavy atom. The van der Waals surface area contributed by atoms with Crippen molar-refractivity contribution in [2.75, 3.05) is 49.5 Å². The van der Waals surface area contributed by atoms with Gasteiger partial charge in [-0.05, 0) is 42.5 Å². The van der Waals surface area contributed by atoms with Gasteiger partial charge in [-0.1, -0.05) is 11.3 Å². The van der Waals surface area contributed by atoms with E-state index in [0.717, 1.165) is 60.3 Å². The molecule has 4 rings (SSSR count). The maximum Gasteiger partial charge on any atom is 0.183 e. The molecule has 27 heavy (non-hydrogen) atoms. The molecule has 1 fully saturated rings. The second-order valence-corrected chi connectivity index (χ2v) is 7.39. The van der Waals surface area contributed by atoms with Gasteiger partial charge in [-0.15, -0.1) is 17.0 Å². The number of thiazole rings is 1. The van der Waals surface area contributed by atoms with Gasteiger partial charge >= 0.3 is 0 Å². The molecule has 0 radical (unpaired) electrons. The molecule has 0 spiro atoms. The average Bonchev–Trinajstić information content (AvgIpc) is 3.05. The molecule has 0 unspecified atom stereocenters. The summed E-state index contributed by atoms with van der Waals surface area (Å²) < 4.78 is 27.1. The predicted molar refractivity (Wildman–Crippen MR) is 113 cm³/mol. The number of piperazine rings is 1. The summed E-state index contributed by atoms with van der Waals surface area (Å²) in [6.07, 6.45) is 0. The molecule has 1 aliphatic heterocycles. The highest BCUT2D eigenvalue weighted by molar-refractivity contribution is 8.93. The lowest BCUT2D eigenvalue weighted by Crippen LogP contribution is -2.47. The van der Waals surface area contributed by atoms with Crippen LogP contribution in [0.4, 0.5) is 19.6 Å². The van der Waals surface area contributed by atoms with Crippen LogP contribution < -0.4 is 10.2 Å². The molecule has 144 valence electrons. The van der Waals surface area contributed by atoms with Gasteiger partial charge in [0.05, 0.1) is 10.2 Å². The molecule has 1 N–H and O–H groups in total. The summed E-state index contributed by atoms with van der Waals surface area (Å²) in [7, 11) is 0. The standard InChI is InChI=1S/C19H20F2N4S.BrH/c20-14-1-4-16(5-2-14)25-11-9-24(10-12-25)8-7-22-19-23-17-6-3-15(21)13-18(17)26-19;/h1-6,13H,7-12H2,(H,22,23);1H. The molecular formula is C19H21BrF2N4S. The smallest absolute Gasteiger partial charge is 0.183 e. The molecule has 3 aromatic rings. The Kier molecular flexibility index (Phi) is 6.62. The van der Waals surface area contributed by atoms with Gasteiger partial charge in [0.1, 0.15) is 11.6 Å². The zero-order valence-electron chi connectivity index (χ0n) is 14.7. The molecule has 4 nitrogen and oxygen atoms in total. The van der Waals surface area contributed by atoms with Gasteiger partial charge in [-0.3, -0.25) is 4.90 Å². The quantitative estimate of drug-likeness (QED) is 0.619. The number of hydrogen-bond acceptors (Lipinski definition) is 5. The summed E-state index contributed by atoms with van der Waals surface area (Å²) >= 11 is 1.48. The van der Waals surface area contributed by atoms with E-state index in [1.165, 1.54) is 35.6 Å². The molecule has 2 aromatic carbocycles. The highest BCUT2D eigenvalue weighted by atomic mass is 79.9. The fourth-order valence-electron chi connectivity index (χ4n) is 3.18. The number of nitrogens with one attached hydrogen (secondary N) is 1. The van der Waals surface area contributed by atoms with Gasteiger partial charge in [0.25, 0.3) is 0 Å². The highest BCUT2D eigenvalue weighted by Crippen LogP contribution is 2.26. The van der Waals surface area contributed by atoms with E-state index in [9.17, 15) is 8.78 Å². The Hall–Kier alpha value is -1.77. The lowest BCUT2D eigenvalue weighted by Gasteiger charge is -2.36.